The number of rotatable bonds is 10. The van der Waals surface area contributed by atoms with Gasteiger partial charge in [-0.25, -0.2) is 0 Å². The quantitative estimate of drug-likeness (QED) is 0.539. The van der Waals surface area contributed by atoms with E-state index in [0.717, 1.165) is 13.0 Å². The Morgan fingerprint density at radius 2 is 1.17 bits per heavy atom. The van der Waals surface area contributed by atoms with Gasteiger partial charge in [-0.3, -0.25) is 0 Å². The second kappa shape index (κ2) is 11.4. The van der Waals surface area contributed by atoms with Gasteiger partial charge in [0.15, 0.2) is 0 Å². The van der Waals surface area contributed by atoms with E-state index < -0.39 is 0 Å². The van der Waals surface area contributed by atoms with Crippen LogP contribution in [0.3, 0.4) is 0 Å². The molecule has 24 heavy (non-hydrogen) atoms. The van der Waals surface area contributed by atoms with Crippen LogP contribution < -0.4 is 5.73 Å². The van der Waals surface area contributed by atoms with E-state index in [2.05, 4.69) is 85.0 Å². The minimum atomic E-state index is 0.475. The van der Waals surface area contributed by atoms with Crippen LogP contribution in [0.2, 0.25) is 0 Å². The highest BCUT2D eigenvalue weighted by Crippen LogP contribution is 2.17. The predicted molar refractivity (Wildman–Crippen MR) is 107 cm³/mol. The third-order valence-corrected chi connectivity index (χ3v) is 4.16. The summed E-state index contributed by atoms with van der Waals surface area (Å²) >= 11 is 0. The average Bonchev–Trinajstić information content (AvgIpc) is 2.65. The predicted octanol–water partition coefficient (Wildman–Crippen LogP) is 5.94. The molecule has 2 rings (SSSR count). The van der Waals surface area contributed by atoms with Gasteiger partial charge in [0.05, 0.1) is 0 Å². The summed E-state index contributed by atoms with van der Waals surface area (Å²) in [6, 6.07) is 21.0. The lowest BCUT2D eigenvalue weighted by Crippen LogP contribution is -1.98. The third kappa shape index (κ3) is 7.43. The van der Waals surface area contributed by atoms with Crippen molar-refractivity contribution in [1.82, 2.24) is 0 Å². The fourth-order valence-electron chi connectivity index (χ4n) is 2.73. The summed E-state index contributed by atoms with van der Waals surface area (Å²) in [5.74, 6) is 0.475. The van der Waals surface area contributed by atoms with Crippen molar-refractivity contribution in [2.24, 2.45) is 11.7 Å². The van der Waals surface area contributed by atoms with Gasteiger partial charge >= 0.3 is 0 Å². The molecule has 0 aromatic heterocycles. The summed E-state index contributed by atoms with van der Waals surface area (Å²) in [5, 5.41) is 0. The van der Waals surface area contributed by atoms with Crippen LogP contribution in [0.15, 0.2) is 72.8 Å². The molecule has 1 nitrogen and oxygen atoms in total. The number of unbranched alkanes of at least 4 members (excludes halogenated alkanes) is 3. The van der Waals surface area contributed by atoms with Crippen LogP contribution in [-0.4, -0.2) is 6.54 Å². The average molecular weight is 319 g/mol. The molecule has 2 N–H and O–H groups in total. The first-order chi connectivity index (χ1) is 11.9. The zero-order valence-electron chi connectivity index (χ0n) is 14.5. The van der Waals surface area contributed by atoms with Crippen LogP contribution in [-0.2, 0) is 0 Å². The first-order valence-corrected chi connectivity index (χ1v) is 9.05. The first-order valence-electron chi connectivity index (χ1n) is 9.05. The fourth-order valence-corrected chi connectivity index (χ4v) is 2.73. The van der Waals surface area contributed by atoms with E-state index in [4.69, 9.17) is 5.73 Å². The number of hydrogen-bond acceptors (Lipinski definition) is 1. The van der Waals surface area contributed by atoms with Crippen molar-refractivity contribution >= 4 is 12.2 Å². The SMILES string of the molecule is NCCCCCCC(C=Cc1ccccc1)C=Cc1ccccc1. The van der Waals surface area contributed by atoms with Gasteiger partial charge in [0.1, 0.15) is 0 Å². The van der Waals surface area contributed by atoms with Crippen molar-refractivity contribution in [2.75, 3.05) is 6.54 Å². The number of nitrogens with two attached hydrogens (primary N) is 1. The number of allylic oxidation sites excluding steroid dienone is 2. The summed E-state index contributed by atoms with van der Waals surface area (Å²) in [5.41, 5.74) is 8.10. The Kier molecular flexibility index (Phi) is 8.67. The Morgan fingerprint density at radius 3 is 1.67 bits per heavy atom. The number of hydrogen-bond donors (Lipinski definition) is 1. The molecule has 0 spiro atoms. The van der Waals surface area contributed by atoms with Gasteiger partial charge in [-0.2, -0.15) is 0 Å². The molecule has 1 heteroatoms. The van der Waals surface area contributed by atoms with Gasteiger partial charge in [-0.05, 0) is 36.4 Å². The molecular formula is C23H29N. The first kappa shape index (κ1) is 18.2. The van der Waals surface area contributed by atoms with Crippen molar-refractivity contribution in [2.45, 2.75) is 32.1 Å². The van der Waals surface area contributed by atoms with E-state index in [1.807, 2.05) is 0 Å². The minimum absolute atomic E-state index is 0.475. The maximum atomic E-state index is 5.57. The van der Waals surface area contributed by atoms with Gasteiger partial charge in [0.25, 0.3) is 0 Å². The van der Waals surface area contributed by atoms with Crippen LogP contribution in [0.25, 0.3) is 12.2 Å². The molecule has 0 saturated carbocycles. The second-order valence-corrected chi connectivity index (χ2v) is 6.20. The van der Waals surface area contributed by atoms with Gasteiger partial charge in [0, 0.05) is 0 Å². The van der Waals surface area contributed by atoms with Crippen LogP contribution >= 0.6 is 0 Å². The maximum Gasteiger partial charge on any atom is -0.00468 e. The Hall–Kier alpha value is -2.12. The second-order valence-electron chi connectivity index (χ2n) is 6.20. The molecular weight excluding hydrogens is 290 g/mol. The molecule has 0 atom stereocenters. The lowest BCUT2D eigenvalue weighted by molar-refractivity contribution is 0.583. The highest BCUT2D eigenvalue weighted by Gasteiger charge is 2.01. The highest BCUT2D eigenvalue weighted by molar-refractivity contribution is 5.52. The lowest BCUT2D eigenvalue weighted by Gasteiger charge is -2.08. The molecule has 0 fully saturated rings. The van der Waals surface area contributed by atoms with E-state index in [-0.39, 0.29) is 0 Å². The summed E-state index contributed by atoms with van der Waals surface area (Å²) < 4.78 is 0. The van der Waals surface area contributed by atoms with Gasteiger partial charge in [0.2, 0.25) is 0 Å². The van der Waals surface area contributed by atoms with E-state index in [0.29, 0.717) is 5.92 Å². The lowest BCUT2D eigenvalue weighted by atomic mass is 9.97. The van der Waals surface area contributed by atoms with Crippen LogP contribution in [0, 0.1) is 5.92 Å². The molecule has 0 heterocycles. The van der Waals surface area contributed by atoms with Crippen LogP contribution in [0.1, 0.15) is 43.2 Å². The van der Waals surface area contributed by atoms with E-state index in [1.165, 1.54) is 36.8 Å². The molecule has 0 amide bonds. The standard InChI is InChI=1S/C23H29N/c24-20-10-2-1-5-15-23(18-16-21-11-6-3-7-12-21)19-17-22-13-8-4-9-14-22/h3-4,6-9,11-14,16-19,23H,1-2,5,10,15,20,24H2. The zero-order chi connectivity index (χ0) is 16.9. The summed E-state index contributed by atoms with van der Waals surface area (Å²) in [6.07, 6.45) is 15.2. The normalized spacial score (nSPS) is 12.9. The van der Waals surface area contributed by atoms with Crippen molar-refractivity contribution in [3.63, 3.8) is 0 Å². The highest BCUT2D eigenvalue weighted by atomic mass is 14.5. The van der Waals surface area contributed by atoms with Crippen molar-refractivity contribution in [1.29, 1.82) is 0 Å². The molecule has 126 valence electrons. The molecule has 0 unspecified atom stereocenters. The topological polar surface area (TPSA) is 26.0 Å². The Morgan fingerprint density at radius 1 is 0.667 bits per heavy atom. The van der Waals surface area contributed by atoms with Crippen LogP contribution in [0.4, 0.5) is 0 Å². The molecule has 0 radical (unpaired) electrons. The third-order valence-electron chi connectivity index (χ3n) is 4.16. The van der Waals surface area contributed by atoms with E-state index in [1.54, 1.807) is 0 Å². The monoisotopic (exact) mass is 319 g/mol. The van der Waals surface area contributed by atoms with Crippen molar-refractivity contribution < 1.29 is 0 Å². The smallest absolute Gasteiger partial charge is 0.00468 e. The molecule has 0 aliphatic rings. The Bertz CT molecular complexity index is 549. The molecule has 0 saturated heterocycles. The van der Waals surface area contributed by atoms with Gasteiger partial charge in [-0.15, -0.1) is 0 Å². The fraction of sp³-hybridized carbons (Fsp3) is 0.304. The zero-order valence-corrected chi connectivity index (χ0v) is 14.5. The summed E-state index contributed by atoms with van der Waals surface area (Å²) in [4.78, 5) is 0. The largest absolute Gasteiger partial charge is 0.330 e. The minimum Gasteiger partial charge on any atom is -0.330 e. The Balaban J connectivity index is 1.95. The van der Waals surface area contributed by atoms with Gasteiger partial charge < -0.3 is 5.73 Å². The molecule has 0 bridgehead atoms. The van der Waals surface area contributed by atoms with Crippen molar-refractivity contribution in [3.05, 3.63) is 83.9 Å². The summed E-state index contributed by atoms with van der Waals surface area (Å²) in [6.45, 7) is 0.811. The van der Waals surface area contributed by atoms with E-state index >= 15 is 0 Å². The van der Waals surface area contributed by atoms with E-state index in [9.17, 15) is 0 Å². The van der Waals surface area contributed by atoms with Crippen molar-refractivity contribution in [3.8, 4) is 0 Å². The molecule has 2 aromatic rings. The van der Waals surface area contributed by atoms with Gasteiger partial charge in [-0.1, -0.05) is 104 Å². The maximum absolute atomic E-state index is 5.57. The number of benzene rings is 2. The Labute approximate surface area is 146 Å². The summed E-state index contributed by atoms with van der Waals surface area (Å²) in [7, 11) is 0. The molecule has 0 aliphatic carbocycles. The molecule has 2 aromatic carbocycles. The van der Waals surface area contributed by atoms with Crippen LogP contribution in [0.5, 0.6) is 0 Å². The molecule has 0 aliphatic heterocycles.